The minimum atomic E-state index is -0.612. The van der Waals surface area contributed by atoms with Crippen LogP contribution in [0.2, 0.25) is 0 Å². The van der Waals surface area contributed by atoms with Crippen LogP contribution in [-0.2, 0) is 29.0 Å². The Morgan fingerprint density at radius 2 is 1.41 bits per heavy atom. The second-order valence-corrected chi connectivity index (χ2v) is 11.3. The van der Waals surface area contributed by atoms with E-state index in [1.807, 2.05) is 70.2 Å². The first-order valence-corrected chi connectivity index (χ1v) is 13.3. The number of nitrogens with one attached hydrogen (secondary N) is 1. The predicted octanol–water partition coefficient (Wildman–Crippen LogP) is 6.61. The van der Waals surface area contributed by atoms with E-state index < -0.39 is 11.6 Å². The zero-order chi connectivity index (χ0) is 27.0. The van der Waals surface area contributed by atoms with Crippen LogP contribution in [0.4, 0.5) is 0 Å². The van der Waals surface area contributed by atoms with Gasteiger partial charge in [0.2, 0.25) is 11.8 Å². The van der Waals surface area contributed by atoms with Gasteiger partial charge in [0.05, 0.1) is 0 Å². The molecule has 37 heavy (non-hydrogen) atoms. The van der Waals surface area contributed by atoms with Gasteiger partial charge in [-0.05, 0) is 62.3 Å². The van der Waals surface area contributed by atoms with Crippen LogP contribution in [0.15, 0.2) is 78.9 Å². The van der Waals surface area contributed by atoms with Crippen LogP contribution in [0.3, 0.4) is 0 Å². The quantitative estimate of drug-likeness (QED) is 0.342. The lowest BCUT2D eigenvalue weighted by Crippen LogP contribution is -2.54. The van der Waals surface area contributed by atoms with Gasteiger partial charge in [0, 0.05) is 24.9 Å². The summed E-state index contributed by atoms with van der Waals surface area (Å²) < 4.78 is 0. The molecule has 0 fully saturated rings. The van der Waals surface area contributed by atoms with Crippen molar-refractivity contribution in [3.8, 4) is 0 Å². The molecule has 196 valence electrons. The molecule has 0 saturated heterocycles. The fourth-order valence-corrected chi connectivity index (χ4v) is 4.36. The Balaban J connectivity index is 1.89. The number of carbonyl (C=O) groups excluding carboxylic acids is 2. The monoisotopic (exact) mass is 498 g/mol. The van der Waals surface area contributed by atoms with Crippen LogP contribution >= 0.6 is 0 Å². The molecule has 0 saturated carbocycles. The SMILES string of the molecule is Cc1ccc(CN(C(=O)CCc2ccc(C(C)C)cc2)C(Cc2ccccc2)C(=O)NC(C)(C)C)cc1. The van der Waals surface area contributed by atoms with Crippen LogP contribution in [0.1, 0.15) is 74.8 Å². The molecule has 0 spiro atoms. The normalized spacial score (nSPS) is 12.3. The lowest BCUT2D eigenvalue weighted by Gasteiger charge is -2.34. The lowest BCUT2D eigenvalue weighted by atomic mass is 9.98. The summed E-state index contributed by atoms with van der Waals surface area (Å²) in [5.41, 5.74) is 5.23. The molecule has 1 atom stereocenters. The molecule has 4 nitrogen and oxygen atoms in total. The Labute approximate surface area is 223 Å². The summed E-state index contributed by atoms with van der Waals surface area (Å²) in [6.45, 7) is 12.7. The van der Waals surface area contributed by atoms with E-state index in [1.165, 1.54) is 5.56 Å². The van der Waals surface area contributed by atoms with Gasteiger partial charge in [-0.2, -0.15) is 0 Å². The van der Waals surface area contributed by atoms with Crippen molar-refractivity contribution in [2.75, 3.05) is 0 Å². The van der Waals surface area contributed by atoms with Crippen molar-refractivity contribution in [3.63, 3.8) is 0 Å². The molecular formula is C33H42N2O2. The Bertz CT molecular complexity index is 1140. The maximum absolute atomic E-state index is 13.8. The smallest absolute Gasteiger partial charge is 0.243 e. The van der Waals surface area contributed by atoms with Crippen molar-refractivity contribution in [2.24, 2.45) is 0 Å². The highest BCUT2D eigenvalue weighted by Gasteiger charge is 2.32. The molecule has 0 aliphatic rings. The maximum Gasteiger partial charge on any atom is 0.243 e. The zero-order valence-corrected chi connectivity index (χ0v) is 23.3. The van der Waals surface area contributed by atoms with E-state index in [9.17, 15) is 9.59 Å². The van der Waals surface area contributed by atoms with Crippen molar-refractivity contribution < 1.29 is 9.59 Å². The fourth-order valence-electron chi connectivity index (χ4n) is 4.36. The number of nitrogens with zero attached hydrogens (tertiary/aromatic N) is 1. The Kier molecular flexibility index (Phi) is 9.68. The first kappa shape index (κ1) is 28.2. The third-order valence-corrected chi connectivity index (χ3v) is 6.52. The molecule has 0 aromatic heterocycles. The van der Waals surface area contributed by atoms with Gasteiger partial charge in [-0.25, -0.2) is 0 Å². The molecule has 3 aromatic carbocycles. The van der Waals surface area contributed by atoms with Crippen LogP contribution in [0, 0.1) is 6.92 Å². The van der Waals surface area contributed by atoms with E-state index in [-0.39, 0.29) is 11.8 Å². The van der Waals surface area contributed by atoms with Crippen molar-refractivity contribution in [3.05, 3.63) is 107 Å². The summed E-state index contributed by atoms with van der Waals surface area (Å²) in [5.74, 6) is 0.331. The van der Waals surface area contributed by atoms with Crippen LogP contribution in [0.25, 0.3) is 0 Å². The van der Waals surface area contributed by atoms with Crippen molar-refractivity contribution >= 4 is 11.8 Å². The van der Waals surface area contributed by atoms with E-state index in [0.717, 1.165) is 22.3 Å². The minimum Gasteiger partial charge on any atom is -0.350 e. The summed E-state index contributed by atoms with van der Waals surface area (Å²) in [6.07, 6.45) is 1.45. The molecule has 3 aromatic rings. The van der Waals surface area contributed by atoms with Gasteiger partial charge in [0.25, 0.3) is 0 Å². The van der Waals surface area contributed by atoms with E-state index in [1.54, 1.807) is 4.90 Å². The summed E-state index contributed by atoms with van der Waals surface area (Å²) >= 11 is 0. The highest BCUT2D eigenvalue weighted by Crippen LogP contribution is 2.19. The van der Waals surface area contributed by atoms with Gasteiger partial charge >= 0.3 is 0 Å². The Hall–Kier alpha value is -3.40. The molecule has 4 heteroatoms. The molecule has 1 N–H and O–H groups in total. The Morgan fingerprint density at radius 3 is 1.97 bits per heavy atom. The zero-order valence-electron chi connectivity index (χ0n) is 23.3. The first-order chi connectivity index (χ1) is 17.5. The first-order valence-electron chi connectivity index (χ1n) is 13.3. The average molecular weight is 499 g/mol. The molecule has 2 amide bonds. The van der Waals surface area contributed by atoms with Gasteiger partial charge in [-0.3, -0.25) is 9.59 Å². The molecule has 0 aliphatic heterocycles. The number of hydrogen-bond donors (Lipinski definition) is 1. The molecule has 0 aliphatic carbocycles. The van der Waals surface area contributed by atoms with Gasteiger partial charge in [0.1, 0.15) is 6.04 Å². The average Bonchev–Trinajstić information content (AvgIpc) is 2.85. The molecule has 0 radical (unpaired) electrons. The Morgan fingerprint density at radius 1 is 0.811 bits per heavy atom. The van der Waals surface area contributed by atoms with Crippen molar-refractivity contribution in [2.45, 2.75) is 84.8 Å². The molecule has 0 bridgehead atoms. The second-order valence-electron chi connectivity index (χ2n) is 11.3. The van der Waals surface area contributed by atoms with E-state index in [0.29, 0.717) is 31.7 Å². The number of hydrogen-bond acceptors (Lipinski definition) is 2. The second kappa shape index (κ2) is 12.7. The predicted molar refractivity (Wildman–Crippen MR) is 152 cm³/mol. The highest BCUT2D eigenvalue weighted by molar-refractivity contribution is 5.88. The number of aryl methyl sites for hydroxylation is 2. The number of benzene rings is 3. The standard InChI is InChI=1S/C33H42N2O2/c1-24(2)29-19-16-26(17-20-29)18-21-31(36)35(23-28-14-12-25(3)13-15-28)30(32(37)34-33(4,5)6)22-27-10-8-7-9-11-27/h7-17,19-20,24,30H,18,21-23H2,1-6H3,(H,34,37). The molecule has 1 unspecified atom stereocenters. The highest BCUT2D eigenvalue weighted by atomic mass is 16.2. The van der Waals surface area contributed by atoms with Crippen molar-refractivity contribution in [1.82, 2.24) is 10.2 Å². The third kappa shape index (κ3) is 8.89. The summed E-state index contributed by atoms with van der Waals surface area (Å²) in [5, 5.41) is 3.13. The molecule has 0 heterocycles. The lowest BCUT2D eigenvalue weighted by molar-refractivity contribution is -0.141. The maximum atomic E-state index is 13.8. The van der Waals surface area contributed by atoms with Crippen LogP contribution in [-0.4, -0.2) is 28.3 Å². The van der Waals surface area contributed by atoms with Crippen LogP contribution in [0.5, 0.6) is 0 Å². The summed E-state index contributed by atoms with van der Waals surface area (Å²) in [4.78, 5) is 29.2. The number of carbonyl (C=O) groups is 2. The topological polar surface area (TPSA) is 49.4 Å². The molecular weight excluding hydrogens is 456 g/mol. The number of rotatable bonds is 10. The van der Waals surface area contributed by atoms with Gasteiger partial charge < -0.3 is 10.2 Å². The van der Waals surface area contributed by atoms with Crippen LogP contribution < -0.4 is 5.32 Å². The third-order valence-electron chi connectivity index (χ3n) is 6.52. The van der Waals surface area contributed by atoms with Gasteiger partial charge in [-0.1, -0.05) is 98.3 Å². The summed E-state index contributed by atoms with van der Waals surface area (Å²) in [7, 11) is 0. The largest absolute Gasteiger partial charge is 0.350 e. The van der Waals surface area contributed by atoms with E-state index in [2.05, 4.69) is 55.6 Å². The molecule has 3 rings (SSSR count). The van der Waals surface area contributed by atoms with Crippen molar-refractivity contribution in [1.29, 1.82) is 0 Å². The minimum absolute atomic E-state index is 0.0153. The van der Waals surface area contributed by atoms with Gasteiger partial charge in [0.15, 0.2) is 0 Å². The van der Waals surface area contributed by atoms with E-state index >= 15 is 0 Å². The van der Waals surface area contributed by atoms with E-state index in [4.69, 9.17) is 0 Å². The number of amides is 2. The fraction of sp³-hybridized carbons (Fsp3) is 0.394. The summed E-state index contributed by atoms with van der Waals surface area (Å²) in [6, 6.07) is 26.0. The van der Waals surface area contributed by atoms with Gasteiger partial charge in [-0.15, -0.1) is 0 Å².